The number of carbonyl (C=O) groups is 2. The third-order valence-corrected chi connectivity index (χ3v) is 6.46. The molecular weight excluding hydrogens is 358 g/mol. The summed E-state index contributed by atoms with van der Waals surface area (Å²) in [5, 5.41) is 7.95. The number of thiophene rings is 1. The predicted octanol–water partition coefficient (Wildman–Crippen LogP) is 1.76. The van der Waals surface area contributed by atoms with Crippen molar-refractivity contribution in [2.75, 3.05) is 19.6 Å². The standard InChI is InChI=1S/C21H25N3O2S/c25-20(22-8-7-18-6-3-11-27-18)14-19-21(26)23-9-10-24(19)17-12-15-4-1-2-5-16(15)13-17/h1-6,11,17,19H,7-10,12-14H2,(H,22,25)(H,23,26)/t19-/m0/s1. The lowest BCUT2D eigenvalue weighted by molar-refractivity contribution is -0.135. The van der Waals surface area contributed by atoms with Crippen molar-refractivity contribution in [1.29, 1.82) is 0 Å². The van der Waals surface area contributed by atoms with E-state index in [0.29, 0.717) is 19.1 Å². The maximum atomic E-state index is 12.5. The van der Waals surface area contributed by atoms with Crippen molar-refractivity contribution in [3.05, 3.63) is 57.8 Å². The summed E-state index contributed by atoms with van der Waals surface area (Å²) in [6, 6.07) is 12.5. The molecule has 6 heteroatoms. The van der Waals surface area contributed by atoms with Crippen molar-refractivity contribution in [1.82, 2.24) is 15.5 Å². The topological polar surface area (TPSA) is 61.4 Å². The van der Waals surface area contributed by atoms with Gasteiger partial charge >= 0.3 is 0 Å². The molecule has 0 radical (unpaired) electrons. The molecule has 0 bridgehead atoms. The van der Waals surface area contributed by atoms with Crippen LogP contribution in [0.4, 0.5) is 0 Å². The molecule has 2 heterocycles. The highest BCUT2D eigenvalue weighted by Crippen LogP contribution is 2.28. The molecule has 2 aromatic rings. The summed E-state index contributed by atoms with van der Waals surface area (Å²) < 4.78 is 0. The number of hydrogen-bond donors (Lipinski definition) is 2. The zero-order valence-corrected chi connectivity index (χ0v) is 16.1. The Kier molecular flexibility index (Phi) is 5.55. The van der Waals surface area contributed by atoms with E-state index in [1.54, 1.807) is 11.3 Å². The van der Waals surface area contributed by atoms with Crippen molar-refractivity contribution >= 4 is 23.2 Å². The Morgan fingerprint density at radius 1 is 1.19 bits per heavy atom. The van der Waals surface area contributed by atoms with Crippen LogP contribution in [0.3, 0.4) is 0 Å². The van der Waals surface area contributed by atoms with Gasteiger partial charge in [-0.3, -0.25) is 14.5 Å². The smallest absolute Gasteiger partial charge is 0.237 e. The fourth-order valence-corrected chi connectivity index (χ4v) is 4.89. The lowest BCUT2D eigenvalue weighted by Gasteiger charge is -2.38. The van der Waals surface area contributed by atoms with E-state index in [2.05, 4.69) is 45.9 Å². The van der Waals surface area contributed by atoms with Crippen LogP contribution in [0.15, 0.2) is 41.8 Å². The molecule has 5 nitrogen and oxygen atoms in total. The Bertz CT molecular complexity index is 781. The molecule has 4 rings (SSSR count). The van der Waals surface area contributed by atoms with Crippen LogP contribution < -0.4 is 10.6 Å². The minimum absolute atomic E-state index is 0.0226. The minimum Gasteiger partial charge on any atom is -0.356 e. The van der Waals surface area contributed by atoms with E-state index in [1.807, 2.05) is 11.4 Å². The molecule has 0 spiro atoms. The first-order valence-electron chi connectivity index (χ1n) is 9.60. The van der Waals surface area contributed by atoms with Gasteiger partial charge < -0.3 is 10.6 Å². The van der Waals surface area contributed by atoms with E-state index in [9.17, 15) is 9.59 Å². The average Bonchev–Trinajstić information content (AvgIpc) is 3.32. The number of benzene rings is 1. The van der Waals surface area contributed by atoms with Crippen molar-refractivity contribution in [3.8, 4) is 0 Å². The third-order valence-electron chi connectivity index (χ3n) is 5.52. The van der Waals surface area contributed by atoms with Gasteiger partial charge in [-0.05, 0) is 41.8 Å². The van der Waals surface area contributed by atoms with Crippen LogP contribution in [0.2, 0.25) is 0 Å². The summed E-state index contributed by atoms with van der Waals surface area (Å²) in [5.74, 6) is -0.0697. The van der Waals surface area contributed by atoms with Crippen molar-refractivity contribution in [2.24, 2.45) is 0 Å². The van der Waals surface area contributed by atoms with Crippen molar-refractivity contribution < 1.29 is 9.59 Å². The highest BCUT2D eigenvalue weighted by molar-refractivity contribution is 7.09. The van der Waals surface area contributed by atoms with E-state index in [4.69, 9.17) is 0 Å². The fourth-order valence-electron chi connectivity index (χ4n) is 4.18. The van der Waals surface area contributed by atoms with Gasteiger partial charge in [-0.15, -0.1) is 11.3 Å². The molecule has 0 unspecified atom stereocenters. The highest BCUT2D eigenvalue weighted by Gasteiger charge is 2.37. The van der Waals surface area contributed by atoms with Gasteiger partial charge in [0.05, 0.1) is 12.5 Å². The molecule has 27 heavy (non-hydrogen) atoms. The van der Waals surface area contributed by atoms with Gasteiger partial charge in [0.1, 0.15) is 0 Å². The van der Waals surface area contributed by atoms with Crippen LogP contribution in [0.25, 0.3) is 0 Å². The zero-order chi connectivity index (χ0) is 18.6. The Labute approximate surface area is 163 Å². The highest BCUT2D eigenvalue weighted by atomic mass is 32.1. The van der Waals surface area contributed by atoms with E-state index < -0.39 is 0 Å². The fraction of sp³-hybridized carbons (Fsp3) is 0.429. The lowest BCUT2D eigenvalue weighted by atomic mass is 10.0. The van der Waals surface area contributed by atoms with E-state index in [-0.39, 0.29) is 24.3 Å². The Morgan fingerprint density at radius 2 is 1.96 bits per heavy atom. The quantitative estimate of drug-likeness (QED) is 0.799. The monoisotopic (exact) mass is 383 g/mol. The third kappa shape index (κ3) is 4.22. The zero-order valence-electron chi connectivity index (χ0n) is 15.3. The average molecular weight is 384 g/mol. The van der Waals surface area contributed by atoms with Gasteiger partial charge in [-0.25, -0.2) is 0 Å². The van der Waals surface area contributed by atoms with E-state index in [0.717, 1.165) is 25.8 Å². The summed E-state index contributed by atoms with van der Waals surface area (Å²) in [6.45, 7) is 2.07. The second kappa shape index (κ2) is 8.23. The number of carbonyl (C=O) groups excluding carboxylic acids is 2. The van der Waals surface area contributed by atoms with Gasteiger partial charge in [0.15, 0.2) is 0 Å². The number of hydrogen-bond acceptors (Lipinski definition) is 4. The van der Waals surface area contributed by atoms with E-state index in [1.165, 1.54) is 16.0 Å². The molecule has 1 aromatic carbocycles. The SMILES string of the molecule is O=C(C[C@H]1C(=O)NCCN1C1Cc2ccccc2C1)NCCc1cccs1. The molecule has 1 fully saturated rings. The molecule has 1 aromatic heterocycles. The van der Waals surface area contributed by atoms with Crippen LogP contribution >= 0.6 is 11.3 Å². The van der Waals surface area contributed by atoms with Crippen LogP contribution in [-0.4, -0.2) is 48.4 Å². The Morgan fingerprint density at radius 3 is 2.67 bits per heavy atom. The molecule has 2 aliphatic rings. The normalized spacial score (nSPS) is 20.3. The first kappa shape index (κ1) is 18.2. The van der Waals surface area contributed by atoms with Crippen LogP contribution in [0, 0.1) is 0 Å². The second-order valence-electron chi connectivity index (χ2n) is 7.26. The van der Waals surface area contributed by atoms with Gasteiger partial charge in [0.2, 0.25) is 11.8 Å². The number of nitrogens with one attached hydrogen (secondary N) is 2. The second-order valence-corrected chi connectivity index (χ2v) is 8.29. The molecule has 1 aliphatic carbocycles. The number of nitrogens with zero attached hydrogens (tertiary/aromatic N) is 1. The summed E-state index contributed by atoms with van der Waals surface area (Å²) in [6.07, 6.45) is 2.98. The Hall–Kier alpha value is -2.18. The minimum atomic E-state index is -0.375. The molecule has 0 saturated carbocycles. The van der Waals surface area contributed by atoms with E-state index >= 15 is 0 Å². The van der Waals surface area contributed by atoms with Crippen molar-refractivity contribution in [2.45, 2.75) is 37.8 Å². The van der Waals surface area contributed by atoms with Gasteiger partial charge in [0.25, 0.3) is 0 Å². The maximum Gasteiger partial charge on any atom is 0.237 e. The Balaban J connectivity index is 1.35. The molecule has 142 valence electrons. The largest absolute Gasteiger partial charge is 0.356 e. The van der Waals surface area contributed by atoms with Gasteiger partial charge in [0, 0.05) is 30.6 Å². The molecule has 1 aliphatic heterocycles. The summed E-state index contributed by atoms with van der Waals surface area (Å²) in [4.78, 5) is 28.5. The lowest BCUT2D eigenvalue weighted by Crippen LogP contribution is -2.59. The summed E-state index contributed by atoms with van der Waals surface area (Å²) >= 11 is 1.70. The first-order valence-corrected chi connectivity index (χ1v) is 10.5. The first-order chi connectivity index (χ1) is 13.2. The number of rotatable bonds is 6. The predicted molar refractivity (Wildman–Crippen MR) is 107 cm³/mol. The van der Waals surface area contributed by atoms with Gasteiger partial charge in [-0.2, -0.15) is 0 Å². The van der Waals surface area contributed by atoms with Gasteiger partial charge in [-0.1, -0.05) is 30.3 Å². The summed E-state index contributed by atoms with van der Waals surface area (Å²) in [7, 11) is 0. The number of amides is 2. The molecule has 1 saturated heterocycles. The molecular formula is C21H25N3O2S. The van der Waals surface area contributed by atoms with Crippen LogP contribution in [0.5, 0.6) is 0 Å². The summed E-state index contributed by atoms with van der Waals surface area (Å²) in [5.41, 5.74) is 2.74. The van der Waals surface area contributed by atoms with Crippen LogP contribution in [0.1, 0.15) is 22.4 Å². The number of piperazine rings is 1. The van der Waals surface area contributed by atoms with Crippen molar-refractivity contribution in [3.63, 3.8) is 0 Å². The molecule has 2 amide bonds. The molecule has 2 N–H and O–H groups in total. The number of fused-ring (bicyclic) bond motifs is 1. The molecule has 1 atom stereocenters. The van der Waals surface area contributed by atoms with Crippen LogP contribution in [-0.2, 0) is 28.9 Å². The maximum absolute atomic E-state index is 12.5.